The number of carbonyl (C=O) groups excluding carboxylic acids is 2. The van der Waals surface area contributed by atoms with Crippen LogP contribution in [-0.4, -0.2) is 25.0 Å². The first-order valence-electron chi connectivity index (χ1n) is 3.46. The van der Waals surface area contributed by atoms with Crippen LogP contribution in [0.4, 0.5) is 0 Å². The number of ether oxygens (including phenoxy) is 1. The number of hydrogen-bond acceptors (Lipinski definition) is 3. The van der Waals surface area contributed by atoms with Crippen LogP contribution in [0.15, 0.2) is 0 Å². The maximum Gasteiger partial charge on any atom is 0.328 e. The highest BCUT2D eigenvalue weighted by atomic mass is 16.5. The predicted molar refractivity (Wildman–Crippen MR) is 39.9 cm³/mol. The zero-order valence-electron chi connectivity index (χ0n) is 7.01. The lowest BCUT2D eigenvalue weighted by Gasteiger charge is -2.12. The number of nitrogens with one attached hydrogen (secondary N) is 1. The van der Waals surface area contributed by atoms with Crippen molar-refractivity contribution in [3.8, 4) is 0 Å². The molecule has 0 unspecified atom stereocenters. The van der Waals surface area contributed by atoms with E-state index in [1.807, 2.05) is 0 Å². The molecule has 4 nitrogen and oxygen atoms in total. The Hall–Kier alpha value is -1.06. The quantitative estimate of drug-likeness (QED) is 0.593. The fourth-order valence-corrected chi connectivity index (χ4v) is 0.715. The molecule has 0 aliphatic rings. The van der Waals surface area contributed by atoms with E-state index in [-0.39, 0.29) is 5.91 Å². The van der Waals surface area contributed by atoms with E-state index in [1.54, 1.807) is 6.92 Å². The highest BCUT2D eigenvalue weighted by Crippen LogP contribution is 1.92. The molecule has 0 aliphatic carbocycles. The molecule has 0 saturated heterocycles. The summed E-state index contributed by atoms with van der Waals surface area (Å²) in [5, 5.41) is 2.47. The molecule has 1 amide bonds. The van der Waals surface area contributed by atoms with Crippen LogP contribution in [-0.2, 0) is 14.3 Å². The molecule has 1 N–H and O–H groups in total. The summed E-state index contributed by atoms with van der Waals surface area (Å²) in [6.45, 7) is 3.17. The third-order valence-electron chi connectivity index (χ3n) is 1.27. The van der Waals surface area contributed by atoms with Gasteiger partial charge in [0.1, 0.15) is 6.04 Å². The molecule has 0 rings (SSSR count). The molecule has 0 spiro atoms. The fraction of sp³-hybridized carbons (Fsp3) is 0.714. The summed E-state index contributed by atoms with van der Waals surface area (Å²) >= 11 is 0. The van der Waals surface area contributed by atoms with Gasteiger partial charge in [-0.25, -0.2) is 4.79 Å². The lowest BCUT2D eigenvalue weighted by atomic mass is 10.2. The van der Waals surface area contributed by atoms with Gasteiger partial charge in [0.05, 0.1) is 7.11 Å². The fourth-order valence-electron chi connectivity index (χ4n) is 0.715. The summed E-state index contributed by atoms with van der Waals surface area (Å²) in [7, 11) is 1.30. The minimum atomic E-state index is -0.502. The van der Waals surface area contributed by atoms with Crippen LogP contribution in [0.1, 0.15) is 20.3 Å². The third kappa shape index (κ3) is 3.60. The van der Waals surface area contributed by atoms with Crippen molar-refractivity contribution in [2.24, 2.45) is 0 Å². The zero-order chi connectivity index (χ0) is 8.85. The molecule has 0 aromatic carbocycles. The van der Waals surface area contributed by atoms with E-state index in [0.717, 1.165) is 0 Å². The molecule has 11 heavy (non-hydrogen) atoms. The van der Waals surface area contributed by atoms with Crippen LogP contribution in [0.5, 0.6) is 0 Å². The first-order valence-corrected chi connectivity index (χ1v) is 3.46. The first kappa shape index (κ1) is 9.94. The first-order chi connectivity index (χ1) is 5.11. The van der Waals surface area contributed by atoms with E-state index in [9.17, 15) is 9.59 Å². The van der Waals surface area contributed by atoms with Gasteiger partial charge in [-0.05, 0) is 6.42 Å². The van der Waals surface area contributed by atoms with Crippen molar-refractivity contribution in [3.05, 3.63) is 0 Å². The van der Waals surface area contributed by atoms with Gasteiger partial charge in [0, 0.05) is 6.92 Å². The molecule has 0 bridgehead atoms. The Kier molecular flexibility index (Phi) is 4.26. The van der Waals surface area contributed by atoms with E-state index in [0.29, 0.717) is 6.42 Å². The number of hydrogen-bond donors (Lipinski definition) is 1. The Bertz CT molecular complexity index is 156. The van der Waals surface area contributed by atoms with Crippen LogP contribution < -0.4 is 5.32 Å². The van der Waals surface area contributed by atoms with E-state index in [2.05, 4.69) is 10.1 Å². The number of methoxy groups -OCH3 is 1. The van der Waals surface area contributed by atoms with Crippen LogP contribution in [0.3, 0.4) is 0 Å². The number of carbonyl (C=O) groups is 2. The highest BCUT2D eigenvalue weighted by molar-refractivity contribution is 5.82. The van der Waals surface area contributed by atoms with Gasteiger partial charge in [-0.3, -0.25) is 4.79 Å². The maximum absolute atomic E-state index is 10.8. The van der Waals surface area contributed by atoms with Crippen molar-refractivity contribution < 1.29 is 14.3 Å². The van der Waals surface area contributed by atoms with E-state index in [4.69, 9.17) is 0 Å². The Balaban J connectivity index is 3.94. The second-order valence-corrected chi connectivity index (χ2v) is 2.18. The second kappa shape index (κ2) is 4.71. The highest BCUT2D eigenvalue weighted by Gasteiger charge is 2.16. The molecule has 0 aromatic heterocycles. The molecule has 64 valence electrons. The van der Waals surface area contributed by atoms with Crippen molar-refractivity contribution >= 4 is 11.9 Å². The number of amides is 1. The van der Waals surface area contributed by atoms with Crippen molar-refractivity contribution in [1.29, 1.82) is 0 Å². The summed E-state index contributed by atoms with van der Waals surface area (Å²) in [6, 6.07) is -0.502. The van der Waals surface area contributed by atoms with Gasteiger partial charge < -0.3 is 10.1 Å². The summed E-state index contributed by atoms with van der Waals surface area (Å²) < 4.78 is 4.45. The molecule has 0 aromatic rings. The standard InChI is InChI=1S/C7H13NO3/c1-4-6(7(10)11-3)8-5(2)9/h6H,4H2,1-3H3,(H,8,9)/t6-/m1/s1. The second-order valence-electron chi connectivity index (χ2n) is 2.18. The number of esters is 1. The minimum absolute atomic E-state index is 0.220. The van der Waals surface area contributed by atoms with Gasteiger partial charge in [-0.1, -0.05) is 6.92 Å². The van der Waals surface area contributed by atoms with Gasteiger partial charge >= 0.3 is 5.97 Å². The zero-order valence-corrected chi connectivity index (χ0v) is 7.01. The topological polar surface area (TPSA) is 55.4 Å². The molecule has 0 heterocycles. The molecular formula is C7H13NO3. The van der Waals surface area contributed by atoms with Gasteiger partial charge in [0.2, 0.25) is 5.91 Å². The van der Waals surface area contributed by atoms with Crippen molar-refractivity contribution in [1.82, 2.24) is 5.32 Å². The molecule has 0 fully saturated rings. The molecule has 0 radical (unpaired) electrons. The smallest absolute Gasteiger partial charge is 0.328 e. The lowest BCUT2D eigenvalue weighted by molar-refractivity contribution is -0.144. The Labute approximate surface area is 65.9 Å². The van der Waals surface area contributed by atoms with E-state index in [1.165, 1.54) is 14.0 Å². The molecule has 1 atom stereocenters. The average Bonchev–Trinajstić information content (AvgIpc) is 1.98. The van der Waals surface area contributed by atoms with Crippen LogP contribution in [0.25, 0.3) is 0 Å². The summed E-state index contributed by atoms with van der Waals surface area (Å²) in [4.78, 5) is 21.4. The van der Waals surface area contributed by atoms with Crippen LogP contribution in [0.2, 0.25) is 0 Å². The van der Waals surface area contributed by atoms with Crippen molar-refractivity contribution in [2.45, 2.75) is 26.3 Å². The third-order valence-corrected chi connectivity index (χ3v) is 1.27. The normalized spacial score (nSPS) is 11.9. The SMILES string of the molecule is CC[C@@H](NC(C)=O)C(=O)OC. The largest absolute Gasteiger partial charge is 0.467 e. The molecule has 0 aliphatic heterocycles. The average molecular weight is 159 g/mol. The summed E-state index contributed by atoms with van der Waals surface area (Å²) in [5.41, 5.74) is 0. The minimum Gasteiger partial charge on any atom is -0.467 e. The van der Waals surface area contributed by atoms with E-state index >= 15 is 0 Å². The number of rotatable bonds is 3. The Morgan fingerprint density at radius 2 is 2.09 bits per heavy atom. The maximum atomic E-state index is 10.8. The van der Waals surface area contributed by atoms with Crippen molar-refractivity contribution in [2.75, 3.05) is 7.11 Å². The lowest BCUT2D eigenvalue weighted by Crippen LogP contribution is -2.39. The van der Waals surface area contributed by atoms with Gasteiger partial charge in [-0.15, -0.1) is 0 Å². The van der Waals surface area contributed by atoms with Gasteiger partial charge in [0.25, 0.3) is 0 Å². The Morgan fingerprint density at radius 3 is 2.36 bits per heavy atom. The summed E-state index contributed by atoms with van der Waals surface area (Å²) in [6.07, 6.45) is 0.548. The van der Waals surface area contributed by atoms with Gasteiger partial charge in [-0.2, -0.15) is 0 Å². The monoisotopic (exact) mass is 159 g/mol. The molecule has 4 heteroatoms. The molecular weight excluding hydrogens is 146 g/mol. The Morgan fingerprint density at radius 1 is 1.55 bits per heavy atom. The predicted octanol–water partition coefficient (Wildman–Crippen LogP) is 0.0741. The van der Waals surface area contributed by atoms with Crippen LogP contribution >= 0.6 is 0 Å². The van der Waals surface area contributed by atoms with Crippen LogP contribution in [0, 0.1) is 0 Å². The van der Waals surface area contributed by atoms with E-state index < -0.39 is 12.0 Å². The van der Waals surface area contributed by atoms with Crippen molar-refractivity contribution in [3.63, 3.8) is 0 Å². The molecule has 0 saturated carbocycles. The van der Waals surface area contributed by atoms with Gasteiger partial charge in [0.15, 0.2) is 0 Å². The summed E-state index contributed by atoms with van der Waals surface area (Å²) in [5.74, 6) is -0.620.